The van der Waals surface area contributed by atoms with Crippen molar-refractivity contribution >= 4 is 40.1 Å². The first-order chi connectivity index (χ1) is 8.15. The lowest BCUT2D eigenvalue weighted by Gasteiger charge is -2.06. The Balaban J connectivity index is 2.01. The van der Waals surface area contributed by atoms with Crippen LogP contribution in [0, 0.1) is 10.5 Å². The van der Waals surface area contributed by atoms with Gasteiger partial charge in [0.1, 0.15) is 5.76 Å². The lowest BCUT2D eigenvalue weighted by atomic mass is 10.3. The second-order valence-corrected chi connectivity index (χ2v) is 4.54. The molecule has 0 radical (unpaired) electrons. The molecule has 6 heteroatoms. The van der Waals surface area contributed by atoms with Crippen molar-refractivity contribution in [2.45, 2.75) is 6.92 Å². The van der Waals surface area contributed by atoms with Crippen LogP contribution < -0.4 is 10.6 Å². The highest BCUT2D eigenvalue weighted by molar-refractivity contribution is 14.1. The van der Waals surface area contributed by atoms with Crippen molar-refractivity contribution < 1.29 is 9.32 Å². The first-order valence-corrected chi connectivity index (χ1v) is 5.99. The molecular weight excluding hydrogens is 333 g/mol. The summed E-state index contributed by atoms with van der Waals surface area (Å²) in [5.74, 6) is 1.04. The van der Waals surface area contributed by atoms with E-state index in [0.29, 0.717) is 11.6 Å². The third-order valence-electron chi connectivity index (χ3n) is 1.99. The molecule has 1 aromatic carbocycles. The molecule has 0 bridgehead atoms. The number of anilines is 2. The number of urea groups is 1. The van der Waals surface area contributed by atoms with Crippen molar-refractivity contribution in [3.05, 3.63) is 39.7 Å². The van der Waals surface area contributed by atoms with E-state index in [1.54, 1.807) is 13.0 Å². The van der Waals surface area contributed by atoms with E-state index in [4.69, 9.17) is 4.52 Å². The summed E-state index contributed by atoms with van der Waals surface area (Å²) in [6.07, 6.45) is 0. The van der Waals surface area contributed by atoms with Crippen molar-refractivity contribution in [3.63, 3.8) is 0 Å². The molecule has 0 fully saturated rings. The van der Waals surface area contributed by atoms with Crippen molar-refractivity contribution in [1.82, 2.24) is 5.16 Å². The summed E-state index contributed by atoms with van der Waals surface area (Å²) in [4.78, 5) is 11.6. The minimum Gasteiger partial charge on any atom is -0.360 e. The van der Waals surface area contributed by atoms with E-state index >= 15 is 0 Å². The first kappa shape index (κ1) is 11.9. The van der Waals surface area contributed by atoms with Gasteiger partial charge in [0.05, 0.1) is 5.69 Å². The lowest BCUT2D eigenvalue weighted by molar-refractivity contribution is 0.262. The van der Waals surface area contributed by atoms with Gasteiger partial charge in [0.15, 0.2) is 5.82 Å². The highest BCUT2D eigenvalue weighted by Crippen LogP contribution is 2.17. The number of hydrogen-bond acceptors (Lipinski definition) is 3. The summed E-state index contributed by atoms with van der Waals surface area (Å²) in [6, 6.07) is 8.81. The molecule has 0 aliphatic carbocycles. The van der Waals surface area contributed by atoms with Gasteiger partial charge in [-0.2, -0.15) is 0 Å². The number of carbonyl (C=O) groups excluding carboxylic acids is 1. The average molecular weight is 343 g/mol. The average Bonchev–Trinajstić information content (AvgIpc) is 2.67. The van der Waals surface area contributed by atoms with Crippen LogP contribution in [0.3, 0.4) is 0 Å². The Bertz CT molecular complexity index is 539. The lowest BCUT2D eigenvalue weighted by Crippen LogP contribution is -2.20. The normalized spacial score (nSPS) is 10.0. The van der Waals surface area contributed by atoms with Crippen LogP contribution in [-0.2, 0) is 0 Å². The van der Waals surface area contributed by atoms with Gasteiger partial charge in [0, 0.05) is 9.64 Å². The number of halogens is 1. The molecule has 2 N–H and O–H groups in total. The van der Waals surface area contributed by atoms with Crippen LogP contribution >= 0.6 is 22.6 Å². The zero-order valence-electron chi connectivity index (χ0n) is 9.03. The number of aromatic nitrogens is 1. The van der Waals surface area contributed by atoms with E-state index in [-0.39, 0.29) is 6.03 Å². The standard InChI is InChI=1S/C11H10IN3O2/c1-7-6-10(15-17-7)14-11(16)13-9-5-3-2-4-8(9)12/h2-6H,1H3,(H2,13,14,15,16). The molecule has 0 saturated heterocycles. The molecule has 0 spiro atoms. The van der Waals surface area contributed by atoms with Gasteiger partial charge in [0.25, 0.3) is 0 Å². The van der Waals surface area contributed by atoms with Gasteiger partial charge < -0.3 is 9.84 Å². The maximum atomic E-state index is 11.6. The van der Waals surface area contributed by atoms with Crippen molar-refractivity contribution in [1.29, 1.82) is 0 Å². The second-order valence-electron chi connectivity index (χ2n) is 3.38. The first-order valence-electron chi connectivity index (χ1n) is 4.91. The quantitative estimate of drug-likeness (QED) is 0.823. The number of hydrogen-bond donors (Lipinski definition) is 2. The highest BCUT2D eigenvalue weighted by Gasteiger charge is 2.07. The summed E-state index contributed by atoms with van der Waals surface area (Å²) in [6.45, 7) is 1.76. The SMILES string of the molecule is Cc1cc(NC(=O)Nc2ccccc2I)no1. The molecule has 2 aromatic rings. The molecular formula is C11H10IN3O2. The zero-order chi connectivity index (χ0) is 12.3. The number of para-hydroxylation sites is 1. The number of nitrogens with one attached hydrogen (secondary N) is 2. The fraction of sp³-hybridized carbons (Fsp3) is 0.0909. The fourth-order valence-electron chi connectivity index (χ4n) is 1.26. The molecule has 88 valence electrons. The Labute approximate surface area is 112 Å². The number of amides is 2. The smallest absolute Gasteiger partial charge is 0.324 e. The Morgan fingerprint density at radius 1 is 1.35 bits per heavy atom. The fourth-order valence-corrected chi connectivity index (χ4v) is 1.78. The van der Waals surface area contributed by atoms with E-state index in [0.717, 1.165) is 9.26 Å². The van der Waals surface area contributed by atoms with Crippen LogP contribution in [0.15, 0.2) is 34.9 Å². The predicted molar refractivity (Wildman–Crippen MR) is 73.0 cm³/mol. The van der Waals surface area contributed by atoms with E-state index < -0.39 is 0 Å². The Hall–Kier alpha value is -1.57. The zero-order valence-corrected chi connectivity index (χ0v) is 11.2. The van der Waals surface area contributed by atoms with Gasteiger partial charge in [-0.05, 0) is 41.6 Å². The topological polar surface area (TPSA) is 67.2 Å². The summed E-state index contributed by atoms with van der Waals surface area (Å²) < 4.78 is 5.81. The van der Waals surface area contributed by atoms with Crippen LogP contribution in [0.2, 0.25) is 0 Å². The minimum absolute atomic E-state index is 0.345. The van der Waals surface area contributed by atoms with E-state index in [1.165, 1.54) is 0 Å². The summed E-state index contributed by atoms with van der Waals surface area (Å²) in [5, 5.41) is 8.98. The molecule has 2 rings (SSSR count). The molecule has 0 saturated carbocycles. The number of aryl methyl sites for hydroxylation is 1. The number of benzene rings is 1. The molecule has 2 amide bonds. The third kappa shape index (κ3) is 3.19. The second kappa shape index (κ2) is 5.17. The summed E-state index contributed by atoms with van der Waals surface area (Å²) in [7, 11) is 0. The van der Waals surface area contributed by atoms with Gasteiger partial charge in [-0.15, -0.1) is 0 Å². The van der Waals surface area contributed by atoms with Crippen LogP contribution in [-0.4, -0.2) is 11.2 Å². The molecule has 1 heterocycles. The van der Waals surface area contributed by atoms with Gasteiger partial charge in [0.2, 0.25) is 0 Å². The van der Waals surface area contributed by atoms with Crippen LogP contribution in [0.25, 0.3) is 0 Å². The van der Waals surface area contributed by atoms with E-state index in [9.17, 15) is 4.79 Å². The van der Waals surface area contributed by atoms with Gasteiger partial charge in [-0.3, -0.25) is 5.32 Å². The van der Waals surface area contributed by atoms with E-state index in [2.05, 4.69) is 38.4 Å². The maximum absolute atomic E-state index is 11.6. The molecule has 0 aliphatic rings. The largest absolute Gasteiger partial charge is 0.360 e. The number of nitrogens with zero attached hydrogens (tertiary/aromatic N) is 1. The molecule has 17 heavy (non-hydrogen) atoms. The molecule has 1 aromatic heterocycles. The predicted octanol–water partition coefficient (Wildman–Crippen LogP) is 3.23. The Kier molecular flexibility index (Phi) is 3.62. The summed E-state index contributed by atoms with van der Waals surface area (Å²) >= 11 is 2.15. The molecule has 0 atom stereocenters. The minimum atomic E-state index is -0.345. The van der Waals surface area contributed by atoms with Crippen LogP contribution in [0.4, 0.5) is 16.3 Å². The van der Waals surface area contributed by atoms with Crippen molar-refractivity contribution in [2.24, 2.45) is 0 Å². The highest BCUT2D eigenvalue weighted by atomic mass is 127. The Morgan fingerprint density at radius 2 is 2.12 bits per heavy atom. The summed E-state index contributed by atoms with van der Waals surface area (Å²) in [5.41, 5.74) is 0.755. The van der Waals surface area contributed by atoms with E-state index in [1.807, 2.05) is 24.3 Å². The molecule has 5 nitrogen and oxygen atoms in total. The van der Waals surface area contributed by atoms with Crippen molar-refractivity contribution in [2.75, 3.05) is 10.6 Å². The Morgan fingerprint density at radius 3 is 2.76 bits per heavy atom. The number of carbonyl (C=O) groups is 1. The van der Waals surface area contributed by atoms with Gasteiger partial charge in [-0.25, -0.2) is 4.79 Å². The van der Waals surface area contributed by atoms with Crippen molar-refractivity contribution in [3.8, 4) is 0 Å². The molecule has 0 aliphatic heterocycles. The third-order valence-corrected chi connectivity index (χ3v) is 2.93. The monoisotopic (exact) mass is 343 g/mol. The van der Waals surface area contributed by atoms with Crippen LogP contribution in [0.1, 0.15) is 5.76 Å². The van der Waals surface area contributed by atoms with Gasteiger partial charge >= 0.3 is 6.03 Å². The molecule has 0 unspecified atom stereocenters. The maximum Gasteiger partial charge on any atom is 0.324 e. The van der Waals surface area contributed by atoms with Crippen LogP contribution in [0.5, 0.6) is 0 Å². The van der Waals surface area contributed by atoms with Gasteiger partial charge in [-0.1, -0.05) is 17.3 Å². The number of rotatable bonds is 2.